The molecule has 0 unspecified atom stereocenters. The van der Waals surface area contributed by atoms with Gasteiger partial charge in [-0.05, 0) is 49.6 Å². The summed E-state index contributed by atoms with van der Waals surface area (Å²) in [6, 6.07) is 11.7. The van der Waals surface area contributed by atoms with Crippen molar-refractivity contribution in [2.45, 2.75) is 25.8 Å². The van der Waals surface area contributed by atoms with Gasteiger partial charge in [-0.2, -0.15) is 0 Å². The zero-order valence-corrected chi connectivity index (χ0v) is 13.3. The SMILES string of the molecule is O=C(/C=C/c1ccco1)Nc1ccc(C[NH+]2CCCCC2)cc1. The van der Waals surface area contributed by atoms with Gasteiger partial charge in [0.2, 0.25) is 5.91 Å². The molecule has 1 aliphatic heterocycles. The van der Waals surface area contributed by atoms with Crippen molar-refractivity contribution in [2.24, 2.45) is 0 Å². The monoisotopic (exact) mass is 311 g/mol. The lowest BCUT2D eigenvalue weighted by atomic mass is 10.1. The molecule has 4 nitrogen and oxygen atoms in total. The number of piperidine rings is 1. The fourth-order valence-corrected chi connectivity index (χ4v) is 2.95. The molecular formula is C19H23N2O2+. The summed E-state index contributed by atoms with van der Waals surface area (Å²) in [6.45, 7) is 3.62. The van der Waals surface area contributed by atoms with Crippen LogP contribution >= 0.6 is 0 Å². The Kier molecular flexibility index (Phi) is 5.27. The summed E-state index contributed by atoms with van der Waals surface area (Å²) in [5.74, 6) is 0.510. The number of hydrogen-bond acceptors (Lipinski definition) is 2. The van der Waals surface area contributed by atoms with E-state index in [9.17, 15) is 4.79 Å². The van der Waals surface area contributed by atoms with E-state index in [4.69, 9.17) is 4.42 Å². The summed E-state index contributed by atoms with van der Waals surface area (Å²) >= 11 is 0. The third-order valence-electron chi connectivity index (χ3n) is 4.18. The molecule has 1 amide bonds. The van der Waals surface area contributed by atoms with Crippen molar-refractivity contribution in [2.75, 3.05) is 18.4 Å². The second-order valence-electron chi connectivity index (χ2n) is 6.02. The second-order valence-corrected chi connectivity index (χ2v) is 6.02. The Bertz CT molecular complexity index is 639. The van der Waals surface area contributed by atoms with Crippen LogP contribution in [0.2, 0.25) is 0 Å². The molecule has 3 rings (SSSR count). The molecule has 0 aliphatic carbocycles. The molecule has 1 aliphatic rings. The molecule has 0 spiro atoms. The lowest BCUT2D eigenvalue weighted by molar-refractivity contribution is -0.918. The molecule has 1 saturated heterocycles. The average Bonchev–Trinajstić information content (AvgIpc) is 3.09. The predicted octanol–water partition coefficient (Wildman–Crippen LogP) is 2.50. The highest BCUT2D eigenvalue weighted by Crippen LogP contribution is 2.10. The summed E-state index contributed by atoms with van der Waals surface area (Å²) < 4.78 is 5.15. The Morgan fingerprint density at radius 2 is 1.91 bits per heavy atom. The minimum atomic E-state index is -0.157. The van der Waals surface area contributed by atoms with Crippen LogP contribution in [-0.4, -0.2) is 19.0 Å². The number of quaternary nitrogens is 1. The fourth-order valence-electron chi connectivity index (χ4n) is 2.95. The van der Waals surface area contributed by atoms with Crippen LogP contribution in [0.3, 0.4) is 0 Å². The van der Waals surface area contributed by atoms with Gasteiger partial charge < -0.3 is 14.6 Å². The normalized spacial score (nSPS) is 15.8. The van der Waals surface area contributed by atoms with Gasteiger partial charge in [0.1, 0.15) is 12.3 Å². The number of carbonyl (C=O) groups is 1. The smallest absolute Gasteiger partial charge is 0.248 e. The van der Waals surface area contributed by atoms with Gasteiger partial charge in [0.15, 0.2) is 0 Å². The minimum absolute atomic E-state index is 0.157. The molecule has 0 radical (unpaired) electrons. The molecule has 0 saturated carbocycles. The Morgan fingerprint density at radius 3 is 2.61 bits per heavy atom. The minimum Gasteiger partial charge on any atom is -0.465 e. The quantitative estimate of drug-likeness (QED) is 0.834. The largest absolute Gasteiger partial charge is 0.465 e. The van der Waals surface area contributed by atoms with Crippen LogP contribution in [0.5, 0.6) is 0 Å². The number of benzene rings is 1. The maximum atomic E-state index is 11.9. The van der Waals surface area contributed by atoms with E-state index in [-0.39, 0.29) is 5.91 Å². The van der Waals surface area contributed by atoms with Crippen molar-refractivity contribution in [3.05, 3.63) is 60.1 Å². The molecule has 2 heterocycles. The summed E-state index contributed by atoms with van der Waals surface area (Å²) in [5, 5.41) is 2.86. The number of nitrogens with one attached hydrogen (secondary N) is 2. The van der Waals surface area contributed by atoms with Crippen molar-refractivity contribution in [1.29, 1.82) is 0 Å². The van der Waals surface area contributed by atoms with Crippen molar-refractivity contribution in [3.8, 4) is 0 Å². The van der Waals surface area contributed by atoms with Crippen LogP contribution in [0.1, 0.15) is 30.6 Å². The Hall–Kier alpha value is -2.33. The average molecular weight is 311 g/mol. The van der Waals surface area contributed by atoms with Crippen LogP contribution in [0.4, 0.5) is 5.69 Å². The van der Waals surface area contributed by atoms with Crippen molar-refractivity contribution in [1.82, 2.24) is 0 Å². The van der Waals surface area contributed by atoms with Gasteiger partial charge in [-0.25, -0.2) is 0 Å². The highest BCUT2D eigenvalue weighted by molar-refractivity contribution is 6.01. The molecule has 4 heteroatoms. The van der Waals surface area contributed by atoms with Crippen LogP contribution in [0.25, 0.3) is 6.08 Å². The molecular weight excluding hydrogens is 288 g/mol. The van der Waals surface area contributed by atoms with E-state index in [0.29, 0.717) is 5.76 Å². The molecule has 0 atom stereocenters. The first kappa shape index (κ1) is 15.6. The van der Waals surface area contributed by atoms with Gasteiger partial charge in [0.25, 0.3) is 0 Å². The first-order valence-electron chi connectivity index (χ1n) is 8.25. The van der Waals surface area contributed by atoms with Crippen molar-refractivity contribution >= 4 is 17.7 Å². The maximum absolute atomic E-state index is 11.9. The summed E-state index contributed by atoms with van der Waals surface area (Å²) in [6.07, 6.45) is 8.77. The van der Waals surface area contributed by atoms with Gasteiger partial charge in [-0.1, -0.05) is 12.1 Å². The van der Waals surface area contributed by atoms with Crippen LogP contribution < -0.4 is 10.2 Å². The van der Waals surface area contributed by atoms with Crippen molar-refractivity contribution in [3.63, 3.8) is 0 Å². The topological polar surface area (TPSA) is 46.7 Å². The molecule has 120 valence electrons. The Labute approximate surface area is 136 Å². The highest BCUT2D eigenvalue weighted by atomic mass is 16.3. The summed E-state index contributed by atoms with van der Waals surface area (Å²) in [7, 11) is 0. The maximum Gasteiger partial charge on any atom is 0.248 e. The zero-order chi connectivity index (χ0) is 15.9. The number of likely N-dealkylation sites (tertiary alicyclic amines) is 1. The summed E-state index contributed by atoms with van der Waals surface area (Å²) in [5.41, 5.74) is 2.14. The number of rotatable bonds is 5. The molecule has 1 aromatic carbocycles. The van der Waals surface area contributed by atoms with Crippen LogP contribution in [-0.2, 0) is 11.3 Å². The van der Waals surface area contributed by atoms with Gasteiger partial charge in [0.05, 0.1) is 19.4 Å². The second kappa shape index (κ2) is 7.79. The van der Waals surface area contributed by atoms with Crippen LogP contribution in [0.15, 0.2) is 53.2 Å². The van der Waals surface area contributed by atoms with E-state index < -0.39 is 0 Å². The summed E-state index contributed by atoms with van der Waals surface area (Å²) in [4.78, 5) is 13.5. The standard InChI is InChI=1S/C19H22N2O2/c22-19(11-10-18-5-4-14-23-18)20-17-8-6-16(7-9-17)15-21-12-2-1-3-13-21/h4-11,14H,1-3,12-13,15H2,(H,20,22)/p+1/b11-10+. The van der Waals surface area contributed by atoms with E-state index in [0.717, 1.165) is 12.2 Å². The molecule has 2 N–H and O–H groups in total. The number of hydrogen-bond donors (Lipinski definition) is 2. The van der Waals surface area contributed by atoms with Crippen molar-refractivity contribution < 1.29 is 14.1 Å². The van der Waals surface area contributed by atoms with E-state index in [1.807, 2.05) is 18.2 Å². The van der Waals surface area contributed by atoms with E-state index in [2.05, 4.69) is 17.4 Å². The number of carbonyl (C=O) groups excluding carboxylic acids is 1. The first-order valence-corrected chi connectivity index (χ1v) is 8.25. The first-order chi connectivity index (χ1) is 11.3. The van der Waals surface area contributed by atoms with Gasteiger partial charge in [0, 0.05) is 17.3 Å². The molecule has 2 aromatic rings. The van der Waals surface area contributed by atoms with E-state index >= 15 is 0 Å². The van der Waals surface area contributed by atoms with Gasteiger partial charge in [-0.15, -0.1) is 0 Å². The fraction of sp³-hybridized carbons (Fsp3) is 0.316. The Morgan fingerprint density at radius 1 is 1.13 bits per heavy atom. The number of furan rings is 1. The molecule has 1 aromatic heterocycles. The van der Waals surface area contributed by atoms with Crippen LogP contribution in [0, 0.1) is 0 Å². The number of amides is 1. The van der Waals surface area contributed by atoms with Gasteiger partial charge in [-0.3, -0.25) is 4.79 Å². The zero-order valence-electron chi connectivity index (χ0n) is 13.3. The number of anilines is 1. The Balaban J connectivity index is 1.51. The molecule has 0 bridgehead atoms. The third kappa shape index (κ3) is 4.83. The lowest BCUT2D eigenvalue weighted by Crippen LogP contribution is -3.11. The van der Waals surface area contributed by atoms with E-state index in [1.165, 1.54) is 44.0 Å². The third-order valence-corrected chi connectivity index (χ3v) is 4.18. The lowest BCUT2D eigenvalue weighted by Gasteiger charge is -2.23. The van der Waals surface area contributed by atoms with Gasteiger partial charge >= 0.3 is 0 Å². The highest BCUT2D eigenvalue weighted by Gasteiger charge is 2.13. The predicted molar refractivity (Wildman–Crippen MR) is 91.1 cm³/mol. The molecule has 23 heavy (non-hydrogen) atoms. The molecule has 1 fully saturated rings. The van der Waals surface area contributed by atoms with E-state index in [1.54, 1.807) is 23.3 Å².